The number of nitrogens with one attached hydrogen (secondary N) is 1. The van der Waals surface area contributed by atoms with Crippen LogP contribution in [-0.4, -0.2) is 31.6 Å². The minimum atomic E-state index is -0.201. The Labute approximate surface area is 184 Å². The Hall–Kier alpha value is -3.26. The zero-order valence-electron chi connectivity index (χ0n) is 18.0. The van der Waals surface area contributed by atoms with E-state index in [-0.39, 0.29) is 17.9 Å². The Morgan fingerprint density at radius 2 is 1.94 bits per heavy atom. The van der Waals surface area contributed by atoms with Crippen molar-refractivity contribution in [3.8, 4) is 16.9 Å². The number of aromatic nitrogens is 4. The lowest BCUT2D eigenvalue weighted by atomic mass is 10.1. The number of carbonyl (C=O) groups is 1. The number of fused-ring (bicyclic) bond motifs is 1. The van der Waals surface area contributed by atoms with Gasteiger partial charge in [0.2, 0.25) is 5.91 Å². The van der Waals surface area contributed by atoms with E-state index in [0.29, 0.717) is 40.1 Å². The summed E-state index contributed by atoms with van der Waals surface area (Å²) in [7, 11) is 0. The lowest BCUT2D eigenvalue weighted by molar-refractivity contribution is -0.120. The maximum atomic E-state index is 13.5. The fraction of sp³-hybridized carbons (Fsp3) is 0.304. The third-order valence-electron chi connectivity index (χ3n) is 5.01. The summed E-state index contributed by atoms with van der Waals surface area (Å²) >= 11 is 1.36. The van der Waals surface area contributed by atoms with Gasteiger partial charge in [0.25, 0.3) is 5.56 Å². The van der Waals surface area contributed by atoms with Crippen molar-refractivity contribution in [3.63, 3.8) is 0 Å². The maximum Gasteiger partial charge on any atom is 0.268 e. The van der Waals surface area contributed by atoms with Crippen LogP contribution in [0, 0.1) is 19.8 Å². The number of carbonyl (C=O) groups excluding carboxylic acids is 1. The first-order valence-corrected chi connectivity index (χ1v) is 11.1. The van der Waals surface area contributed by atoms with Gasteiger partial charge in [-0.05, 0) is 38.0 Å². The highest BCUT2D eigenvalue weighted by Gasteiger charge is 2.20. The van der Waals surface area contributed by atoms with Gasteiger partial charge in [0, 0.05) is 23.3 Å². The molecule has 4 aromatic rings. The molecular formula is C23H25N5O2S. The molecule has 7 nitrogen and oxygen atoms in total. The Kier molecular flexibility index (Phi) is 5.73. The Balaban J connectivity index is 1.76. The number of hydrogen-bond acceptors (Lipinski definition) is 5. The van der Waals surface area contributed by atoms with E-state index < -0.39 is 0 Å². The molecule has 8 heteroatoms. The number of amides is 1. The molecule has 0 radical (unpaired) electrons. The molecule has 31 heavy (non-hydrogen) atoms. The van der Waals surface area contributed by atoms with Crippen LogP contribution in [0.25, 0.3) is 21.9 Å². The Morgan fingerprint density at radius 3 is 2.65 bits per heavy atom. The summed E-state index contributed by atoms with van der Waals surface area (Å²) in [5.74, 6) is 0.261. The molecular weight excluding hydrogens is 410 g/mol. The van der Waals surface area contributed by atoms with E-state index in [1.165, 1.54) is 11.3 Å². The number of rotatable bonds is 6. The van der Waals surface area contributed by atoms with Crippen LogP contribution in [-0.2, 0) is 11.2 Å². The van der Waals surface area contributed by atoms with Crippen molar-refractivity contribution in [1.82, 2.24) is 24.5 Å². The summed E-state index contributed by atoms with van der Waals surface area (Å²) < 4.78 is 3.36. The lowest BCUT2D eigenvalue weighted by Gasteiger charge is -2.08. The van der Waals surface area contributed by atoms with Crippen LogP contribution >= 0.6 is 11.3 Å². The summed E-state index contributed by atoms with van der Waals surface area (Å²) in [6.07, 6.45) is 0.133. The van der Waals surface area contributed by atoms with Gasteiger partial charge in [0.1, 0.15) is 5.69 Å². The maximum absolute atomic E-state index is 13.5. The highest BCUT2D eigenvalue weighted by Crippen LogP contribution is 2.23. The minimum Gasteiger partial charge on any atom is -0.356 e. The van der Waals surface area contributed by atoms with Crippen molar-refractivity contribution < 1.29 is 4.79 Å². The number of para-hydroxylation sites is 1. The highest BCUT2D eigenvalue weighted by molar-refractivity contribution is 7.15. The van der Waals surface area contributed by atoms with E-state index in [1.54, 1.807) is 4.40 Å². The molecule has 1 N–H and O–H groups in total. The van der Waals surface area contributed by atoms with Crippen molar-refractivity contribution in [2.45, 2.75) is 34.1 Å². The number of aryl methyl sites for hydroxylation is 2. The van der Waals surface area contributed by atoms with Gasteiger partial charge < -0.3 is 5.32 Å². The van der Waals surface area contributed by atoms with Gasteiger partial charge in [-0.1, -0.05) is 32.0 Å². The number of thiazole rings is 1. The van der Waals surface area contributed by atoms with Gasteiger partial charge in [0.15, 0.2) is 4.96 Å². The molecule has 0 unspecified atom stereocenters. The van der Waals surface area contributed by atoms with Crippen molar-refractivity contribution in [1.29, 1.82) is 0 Å². The molecule has 0 aliphatic carbocycles. The summed E-state index contributed by atoms with van der Waals surface area (Å²) in [5.41, 5.74) is 3.94. The molecule has 3 heterocycles. The van der Waals surface area contributed by atoms with Crippen LogP contribution in [0.1, 0.15) is 30.9 Å². The number of nitrogens with zero attached hydrogens (tertiary/aromatic N) is 4. The third kappa shape index (κ3) is 4.16. The molecule has 0 bridgehead atoms. The average molecular weight is 436 g/mol. The molecule has 0 atom stereocenters. The Bertz CT molecular complexity index is 1300. The van der Waals surface area contributed by atoms with Crippen LogP contribution in [0.5, 0.6) is 0 Å². The number of hydrogen-bond donors (Lipinski definition) is 1. The molecule has 0 aliphatic rings. The van der Waals surface area contributed by atoms with E-state index in [1.807, 2.05) is 74.2 Å². The van der Waals surface area contributed by atoms with Gasteiger partial charge in [0.05, 0.1) is 23.4 Å². The van der Waals surface area contributed by atoms with Crippen LogP contribution in [0.4, 0.5) is 0 Å². The second kappa shape index (κ2) is 8.47. The quantitative estimate of drug-likeness (QED) is 0.502. The van der Waals surface area contributed by atoms with Crippen molar-refractivity contribution >= 4 is 22.2 Å². The molecule has 0 saturated heterocycles. The molecule has 0 saturated carbocycles. The van der Waals surface area contributed by atoms with E-state index in [0.717, 1.165) is 11.4 Å². The molecule has 0 fully saturated rings. The van der Waals surface area contributed by atoms with E-state index >= 15 is 0 Å². The minimum absolute atomic E-state index is 0.105. The summed E-state index contributed by atoms with van der Waals surface area (Å²) in [5, 5.41) is 9.42. The SMILES string of the molecule is Cc1nc2scc(CC(=O)NCC(C)C)n2c(=O)c1-c1cc(C)n(-c2ccccc2)n1. The van der Waals surface area contributed by atoms with Gasteiger partial charge in [-0.2, -0.15) is 5.10 Å². The van der Waals surface area contributed by atoms with Crippen molar-refractivity contribution in [2.24, 2.45) is 5.92 Å². The van der Waals surface area contributed by atoms with Crippen LogP contribution in [0.2, 0.25) is 0 Å². The van der Waals surface area contributed by atoms with Gasteiger partial charge in [-0.15, -0.1) is 11.3 Å². The summed E-state index contributed by atoms with van der Waals surface area (Å²) in [6.45, 7) is 8.47. The largest absolute Gasteiger partial charge is 0.356 e. The summed E-state index contributed by atoms with van der Waals surface area (Å²) in [6, 6.07) is 11.7. The standard InChI is InChI=1S/C23H25N5O2S/c1-14(2)12-24-20(29)11-18-13-31-23-25-16(4)21(22(30)27(18)23)19-10-15(3)28(26-19)17-8-6-5-7-9-17/h5-10,13-14H,11-12H2,1-4H3,(H,24,29). The normalized spacial score (nSPS) is 11.4. The lowest BCUT2D eigenvalue weighted by Crippen LogP contribution is -2.30. The highest BCUT2D eigenvalue weighted by atomic mass is 32.1. The first-order valence-electron chi connectivity index (χ1n) is 10.2. The van der Waals surface area contributed by atoms with E-state index in [9.17, 15) is 9.59 Å². The smallest absolute Gasteiger partial charge is 0.268 e. The first-order chi connectivity index (χ1) is 14.8. The molecule has 160 valence electrons. The van der Waals surface area contributed by atoms with Gasteiger partial charge in [-0.3, -0.25) is 14.0 Å². The topological polar surface area (TPSA) is 81.3 Å². The fourth-order valence-corrected chi connectivity index (χ4v) is 4.42. The molecule has 3 aromatic heterocycles. The van der Waals surface area contributed by atoms with Crippen LogP contribution < -0.4 is 10.9 Å². The van der Waals surface area contributed by atoms with Crippen molar-refractivity contribution in [2.75, 3.05) is 6.54 Å². The second-order valence-corrected chi connectivity index (χ2v) is 8.85. The number of benzene rings is 1. The molecule has 0 spiro atoms. The predicted octanol–water partition coefficient (Wildman–Crippen LogP) is 3.54. The monoisotopic (exact) mass is 435 g/mol. The Morgan fingerprint density at radius 1 is 1.19 bits per heavy atom. The van der Waals surface area contributed by atoms with Gasteiger partial charge in [-0.25, -0.2) is 9.67 Å². The van der Waals surface area contributed by atoms with Gasteiger partial charge >= 0.3 is 0 Å². The predicted molar refractivity (Wildman–Crippen MR) is 123 cm³/mol. The molecule has 1 amide bonds. The van der Waals surface area contributed by atoms with Crippen LogP contribution in [0.3, 0.4) is 0 Å². The molecule has 4 rings (SSSR count). The second-order valence-electron chi connectivity index (χ2n) is 8.02. The summed E-state index contributed by atoms with van der Waals surface area (Å²) in [4.78, 5) is 31.0. The van der Waals surface area contributed by atoms with E-state index in [4.69, 9.17) is 5.10 Å². The van der Waals surface area contributed by atoms with Crippen LogP contribution in [0.15, 0.2) is 46.6 Å². The zero-order chi connectivity index (χ0) is 22.1. The van der Waals surface area contributed by atoms with E-state index in [2.05, 4.69) is 10.3 Å². The zero-order valence-corrected chi connectivity index (χ0v) is 18.9. The third-order valence-corrected chi connectivity index (χ3v) is 5.89. The first kappa shape index (κ1) is 21.0. The molecule has 0 aliphatic heterocycles. The fourth-order valence-electron chi connectivity index (χ4n) is 3.50. The molecule has 1 aromatic carbocycles. The average Bonchev–Trinajstić information content (AvgIpc) is 3.30. The van der Waals surface area contributed by atoms with Crippen molar-refractivity contribution in [3.05, 3.63) is 69.2 Å².